The fourth-order valence-electron chi connectivity index (χ4n) is 9.14. The van der Waals surface area contributed by atoms with E-state index in [1.807, 2.05) is 11.3 Å². The predicted octanol–water partition coefficient (Wildman–Crippen LogP) is 20.7. The van der Waals surface area contributed by atoms with Gasteiger partial charge in [0.1, 0.15) is 11.5 Å². The topological polar surface area (TPSA) is 18.5 Å². The van der Waals surface area contributed by atoms with E-state index in [0.29, 0.717) is 0 Å². The monoisotopic (exact) mass is 897 g/mol. The average molecular weight is 897 g/mol. The van der Waals surface area contributed by atoms with Crippen molar-refractivity contribution in [2.24, 2.45) is 0 Å². The van der Waals surface area contributed by atoms with E-state index in [4.69, 9.17) is 9.47 Å². The van der Waals surface area contributed by atoms with E-state index in [0.717, 1.165) is 44.0 Å². The summed E-state index contributed by atoms with van der Waals surface area (Å²) >= 11 is 1.94. The molecule has 5 aromatic rings. The van der Waals surface area contributed by atoms with E-state index in [1.165, 1.54) is 216 Å². The van der Waals surface area contributed by atoms with Crippen LogP contribution in [0.25, 0.3) is 43.1 Å². The Balaban J connectivity index is 1.06. The Morgan fingerprint density at radius 2 is 0.600 bits per heavy atom. The first-order valence-corrected chi connectivity index (χ1v) is 27.8. The van der Waals surface area contributed by atoms with Crippen molar-refractivity contribution in [1.82, 2.24) is 0 Å². The lowest BCUT2D eigenvalue weighted by Gasteiger charge is -2.09. The molecule has 65 heavy (non-hydrogen) atoms. The standard InChI is InChI=1S/C62H88O2S/c1-4-7-10-13-15-17-19-21-23-25-27-30-49-63-59-45-41-54(42-46-59)52-33-37-56(38-34-52)61-51-58(32-29-12-9-6-3)62(65-61)57-39-35-53(36-40-57)55-43-47-60(48-44-55)64-50-31-28-26-24-22-20-18-16-14-11-8-5-2/h33-48,51H,4-32,49-50H2,1-3H3. The van der Waals surface area contributed by atoms with Gasteiger partial charge in [-0.05, 0) is 95.0 Å². The van der Waals surface area contributed by atoms with Gasteiger partial charge >= 0.3 is 0 Å². The lowest BCUT2D eigenvalue weighted by atomic mass is 9.99. The smallest absolute Gasteiger partial charge is 0.119 e. The van der Waals surface area contributed by atoms with E-state index in [9.17, 15) is 0 Å². The van der Waals surface area contributed by atoms with Gasteiger partial charge in [-0.25, -0.2) is 0 Å². The molecule has 0 spiro atoms. The second kappa shape index (κ2) is 32.8. The van der Waals surface area contributed by atoms with Crippen molar-refractivity contribution in [2.45, 2.75) is 207 Å². The van der Waals surface area contributed by atoms with Crippen LogP contribution in [0.15, 0.2) is 103 Å². The third-order valence-corrected chi connectivity index (χ3v) is 14.6. The summed E-state index contributed by atoms with van der Waals surface area (Å²) in [6, 6.07) is 38.3. The molecule has 0 aliphatic rings. The highest BCUT2D eigenvalue weighted by Gasteiger charge is 2.14. The summed E-state index contributed by atoms with van der Waals surface area (Å²) < 4.78 is 12.3. The highest BCUT2D eigenvalue weighted by Crippen LogP contribution is 2.40. The van der Waals surface area contributed by atoms with Gasteiger partial charge in [0.2, 0.25) is 0 Å². The van der Waals surface area contributed by atoms with Crippen LogP contribution in [-0.2, 0) is 6.42 Å². The normalized spacial score (nSPS) is 11.4. The molecule has 0 unspecified atom stereocenters. The quantitative estimate of drug-likeness (QED) is 0.0370. The van der Waals surface area contributed by atoms with Gasteiger partial charge in [-0.1, -0.05) is 254 Å². The molecule has 0 aliphatic carbocycles. The van der Waals surface area contributed by atoms with Crippen LogP contribution in [-0.4, -0.2) is 13.2 Å². The minimum Gasteiger partial charge on any atom is -0.494 e. The van der Waals surface area contributed by atoms with Crippen molar-refractivity contribution in [3.8, 4) is 54.6 Å². The zero-order valence-electron chi connectivity index (χ0n) is 41.5. The van der Waals surface area contributed by atoms with Gasteiger partial charge < -0.3 is 9.47 Å². The fraction of sp³-hybridized carbons (Fsp3) is 0.548. The summed E-state index contributed by atoms with van der Waals surface area (Å²) in [5, 5.41) is 0. The van der Waals surface area contributed by atoms with Gasteiger partial charge in [0.05, 0.1) is 13.2 Å². The molecule has 3 heteroatoms. The van der Waals surface area contributed by atoms with Crippen molar-refractivity contribution >= 4 is 11.3 Å². The van der Waals surface area contributed by atoms with E-state index in [-0.39, 0.29) is 0 Å². The number of ether oxygens (including phenoxy) is 2. The third-order valence-electron chi connectivity index (χ3n) is 13.3. The van der Waals surface area contributed by atoms with Gasteiger partial charge in [0, 0.05) is 9.75 Å². The molecule has 1 heterocycles. The molecule has 4 aromatic carbocycles. The van der Waals surface area contributed by atoms with Gasteiger partial charge in [-0.3, -0.25) is 0 Å². The van der Waals surface area contributed by atoms with Gasteiger partial charge in [0.15, 0.2) is 0 Å². The number of hydrogen-bond donors (Lipinski definition) is 0. The van der Waals surface area contributed by atoms with Gasteiger partial charge in [-0.2, -0.15) is 0 Å². The van der Waals surface area contributed by atoms with E-state index < -0.39 is 0 Å². The van der Waals surface area contributed by atoms with E-state index in [1.54, 1.807) is 0 Å². The Kier molecular flexibility index (Phi) is 26.3. The number of unbranched alkanes of at least 4 members (excludes halogenated alkanes) is 25. The molecule has 0 aliphatic heterocycles. The van der Waals surface area contributed by atoms with Crippen molar-refractivity contribution in [3.63, 3.8) is 0 Å². The lowest BCUT2D eigenvalue weighted by molar-refractivity contribution is 0.304. The first-order chi connectivity index (χ1) is 32.2. The van der Waals surface area contributed by atoms with Crippen molar-refractivity contribution in [3.05, 3.63) is 109 Å². The molecule has 354 valence electrons. The molecule has 0 fully saturated rings. The number of benzene rings is 4. The zero-order chi connectivity index (χ0) is 45.4. The van der Waals surface area contributed by atoms with Crippen LogP contribution in [0.2, 0.25) is 0 Å². The van der Waals surface area contributed by atoms with Gasteiger partial charge in [-0.15, -0.1) is 11.3 Å². The maximum atomic E-state index is 6.13. The maximum absolute atomic E-state index is 6.13. The molecule has 0 radical (unpaired) electrons. The molecular formula is C62H88O2S. The first kappa shape index (κ1) is 52.2. The molecule has 0 amide bonds. The van der Waals surface area contributed by atoms with Crippen molar-refractivity contribution in [2.75, 3.05) is 13.2 Å². The number of hydrogen-bond acceptors (Lipinski definition) is 3. The first-order valence-electron chi connectivity index (χ1n) is 27.0. The van der Waals surface area contributed by atoms with Gasteiger partial charge in [0.25, 0.3) is 0 Å². The van der Waals surface area contributed by atoms with Crippen LogP contribution in [0.3, 0.4) is 0 Å². The summed E-state index contributed by atoms with van der Waals surface area (Å²) in [4.78, 5) is 2.76. The zero-order valence-corrected chi connectivity index (χ0v) is 42.3. The molecule has 0 N–H and O–H groups in total. The Labute approximate surface area is 402 Å². The number of aryl methyl sites for hydroxylation is 1. The second-order valence-electron chi connectivity index (χ2n) is 19.0. The van der Waals surface area contributed by atoms with Crippen LogP contribution in [0.1, 0.15) is 206 Å². The summed E-state index contributed by atoms with van der Waals surface area (Å²) in [5.74, 6) is 1.95. The molecule has 5 rings (SSSR count). The van der Waals surface area contributed by atoms with Crippen LogP contribution < -0.4 is 9.47 Å². The van der Waals surface area contributed by atoms with Crippen molar-refractivity contribution < 1.29 is 9.47 Å². The Bertz CT molecular complexity index is 1900. The molecule has 0 saturated carbocycles. The largest absolute Gasteiger partial charge is 0.494 e. The lowest BCUT2D eigenvalue weighted by Crippen LogP contribution is -1.97. The van der Waals surface area contributed by atoms with E-state index in [2.05, 4.69) is 124 Å². The SMILES string of the molecule is CCCCCCCCCCCCCCOc1ccc(-c2ccc(-c3cc(CCCCCC)c(-c4ccc(-c5ccc(OCCCCCCCCCCCCCC)cc5)cc4)s3)cc2)cc1. The van der Waals surface area contributed by atoms with Crippen molar-refractivity contribution in [1.29, 1.82) is 0 Å². The number of thiophene rings is 1. The summed E-state index contributed by atoms with van der Waals surface area (Å²) in [7, 11) is 0. The molecule has 2 nitrogen and oxygen atoms in total. The summed E-state index contributed by atoms with van der Waals surface area (Å²) in [6.07, 6.45) is 39.0. The second-order valence-corrected chi connectivity index (χ2v) is 20.0. The third kappa shape index (κ3) is 20.3. The molecule has 0 atom stereocenters. The maximum Gasteiger partial charge on any atom is 0.119 e. The highest BCUT2D eigenvalue weighted by atomic mass is 32.1. The highest BCUT2D eigenvalue weighted by molar-refractivity contribution is 7.19. The minimum atomic E-state index is 0.808. The number of rotatable bonds is 37. The molecule has 1 aromatic heterocycles. The predicted molar refractivity (Wildman–Crippen MR) is 287 cm³/mol. The van der Waals surface area contributed by atoms with Crippen LogP contribution in [0, 0.1) is 0 Å². The fourth-order valence-corrected chi connectivity index (χ4v) is 10.4. The molecule has 0 saturated heterocycles. The van der Waals surface area contributed by atoms with Crippen LogP contribution in [0.4, 0.5) is 0 Å². The van der Waals surface area contributed by atoms with Crippen LogP contribution >= 0.6 is 11.3 Å². The Morgan fingerprint density at radius 3 is 0.969 bits per heavy atom. The molecular weight excluding hydrogens is 809 g/mol. The summed E-state index contributed by atoms with van der Waals surface area (Å²) in [6.45, 7) is 8.50. The summed E-state index contributed by atoms with van der Waals surface area (Å²) in [5.41, 5.74) is 9.04. The van der Waals surface area contributed by atoms with Crippen LogP contribution in [0.5, 0.6) is 11.5 Å². The van der Waals surface area contributed by atoms with E-state index >= 15 is 0 Å². The molecule has 0 bridgehead atoms. The Hall–Kier alpha value is -3.82. The Morgan fingerprint density at radius 1 is 0.308 bits per heavy atom. The minimum absolute atomic E-state index is 0.808. The average Bonchev–Trinajstić information content (AvgIpc) is 3.78.